The second kappa shape index (κ2) is 10.8. The third kappa shape index (κ3) is 5.36. The minimum atomic E-state index is -0.755. The van der Waals surface area contributed by atoms with Crippen molar-refractivity contribution in [3.8, 4) is 5.75 Å². The molecule has 1 N–H and O–H groups in total. The zero-order valence-electron chi connectivity index (χ0n) is 20.2. The lowest BCUT2D eigenvalue weighted by molar-refractivity contribution is -0.386. The number of carbonyl (C=O) groups is 1. The highest BCUT2D eigenvalue weighted by atomic mass is 127. The van der Waals surface area contributed by atoms with Gasteiger partial charge in [0.05, 0.1) is 36.4 Å². The van der Waals surface area contributed by atoms with E-state index in [2.05, 4.69) is 4.99 Å². The number of carbonyl (C=O) groups excluding carboxylic acids is 1. The van der Waals surface area contributed by atoms with E-state index in [0.717, 1.165) is 21.8 Å². The Balaban J connectivity index is 1.95. The first kappa shape index (κ1) is 27.1. The fourth-order valence-electron chi connectivity index (χ4n) is 3.94. The van der Waals surface area contributed by atoms with Crippen LogP contribution in [0.25, 0.3) is 6.08 Å². The topological polar surface area (TPSA) is 124 Å². The smallest absolute Gasteiger partial charge is 0.338 e. The monoisotopic (exact) mass is 651 g/mol. The van der Waals surface area contributed by atoms with E-state index in [4.69, 9.17) is 4.74 Å². The maximum absolute atomic E-state index is 13.7. The summed E-state index contributed by atoms with van der Waals surface area (Å²) in [4.78, 5) is 43.5. The summed E-state index contributed by atoms with van der Waals surface area (Å²) in [6.07, 6.45) is 3.13. The molecule has 37 heavy (non-hydrogen) atoms. The quantitative estimate of drug-likeness (QED) is 0.140. The number of rotatable bonds is 6. The van der Waals surface area contributed by atoms with Crippen LogP contribution in [0.2, 0.25) is 0 Å². The van der Waals surface area contributed by atoms with Crippen molar-refractivity contribution < 1.29 is 19.6 Å². The number of aromatic hydroxyl groups is 1. The number of nitrogens with zero attached hydrogens (tertiary/aromatic N) is 3. The Hall–Kier alpha value is -2.97. The van der Waals surface area contributed by atoms with E-state index in [0.29, 0.717) is 16.1 Å². The van der Waals surface area contributed by atoms with Gasteiger partial charge in [0.25, 0.3) is 5.56 Å². The van der Waals surface area contributed by atoms with Gasteiger partial charge >= 0.3 is 11.7 Å². The number of phenols is 1. The fraction of sp³-hybridized carbons (Fsp3) is 0.240. The number of aromatic nitrogens is 1. The first-order chi connectivity index (χ1) is 17.5. The van der Waals surface area contributed by atoms with E-state index in [9.17, 15) is 24.8 Å². The van der Waals surface area contributed by atoms with Gasteiger partial charge in [-0.15, -0.1) is 11.8 Å². The fourth-order valence-corrected chi connectivity index (χ4v) is 6.03. The Kier molecular flexibility index (Phi) is 7.90. The van der Waals surface area contributed by atoms with Crippen LogP contribution < -0.4 is 14.9 Å². The molecular formula is C25H22IN3O6S2. The van der Waals surface area contributed by atoms with Crippen molar-refractivity contribution in [2.45, 2.75) is 37.8 Å². The van der Waals surface area contributed by atoms with Crippen molar-refractivity contribution in [1.29, 1.82) is 0 Å². The number of fused-ring (bicyclic) bond motifs is 1. The largest absolute Gasteiger partial charge is 0.501 e. The number of benzene rings is 2. The van der Waals surface area contributed by atoms with Crippen molar-refractivity contribution in [3.05, 3.63) is 92.2 Å². The first-order valence-electron chi connectivity index (χ1n) is 11.1. The van der Waals surface area contributed by atoms with Gasteiger partial charge < -0.3 is 9.84 Å². The predicted molar refractivity (Wildman–Crippen MR) is 151 cm³/mol. The maximum atomic E-state index is 13.7. The third-order valence-electron chi connectivity index (χ3n) is 5.58. The van der Waals surface area contributed by atoms with Crippen LogP contribution in [0.15, 0.2) is 62.4 Å². The summed E-state index contributed by atoms with van der Waals surface area (Å²) in [6.45, 7) is 5.22. The number of allylic oxidation sites excluding steroid dienone is 1. The highest BCUT2D eigenvalue weighted by molar-refractivity contribution is 14.1. The number of esters is 1. The van der Waals surface area contributed by atoms with Gasteiger partial charge in [0, 0.05) is 11.0 Å². The standard InChI is InChI=1S/C25H22IN3O6S2/c1-12(2)35-24(32)20-13(3)27-25-28(21(20)15-5-7-16(36-4)8-6-15)23(31)19(37-25)11-14-9-17(26)22(30)18(10-14)29(33)34/h5-12,21,30H,1-4H3/b19-11-/t21-/m1/s1. The van der Waals surface area contributed by atoms with E-state index < -0.39 is 33.9 Å². The molecule has 0 bridgehead atoms. The number of hydrogen-bond acceptors (Lipinski definition) is 9. The molecule has 0 radical (unpaired) electrons. The van der Waals surface area contributed by atoms with Crippen LogP contribution >= 0.6 is 45.7 Å². The Bertz CT molecular complexity index is 1620. The Morgan fingerprint density at radius 2 is 2.00 bits per heavy atom. The molecule has 3 aromatic rings. The van der Waals surface area contributed by atoms with Gasteiger partial charge in [0.2, 0.25) is 5.75 Å². The highest BCUT2D eigenvalue weighted by Gasteiger charge is 2.33. The molecular weight excluding hydrogens is 629 g/mol. The van der Waals surface area contributed by atoms with Gasteiger partial charge in [-0.2, -0.15) is 0 Å². The van der Waals surface area contributed by atoms with E-state index >= 15 is 0 Å². The second-order valence-corrected chi connectivity index (χ2v) is 11.5. The summed E-state index contributed by atoms with van der Waals surface area (Å²) >= 11 is 4.50. The van der Waals surface area contributed by atoms with Crippen LogP contribution in [0.4, 0.5) is 5.69 Å². The SMILES string of the molecule is CSc1ccc([C@@H]2C(C(=O)OC(C)C)=C(C)N=c3s/c(=C\c4cc(I)c(O)c([N+](=O)[O-])c4)c(=O)n32)cc1. The Morgan fingerprint density at radius 3 is 2.59 bits per heavy atom. The Labute approximate surface area is 233 Å². The molecule has 0 unspecified atom stereocenters. The van der Waals surface area contributed by atoms with Gasteiger partial charge in [-0.25, -0.2) is 9.79 Å². The second-order valence-electron chi connectivity index (χ2n) is 8.44. The number of thiazole rings is 1. The van der Waals surface area contributed by atoms with Gasteiger partial charge in [-0.3, -0.25) is 19.5 Å². The number of nitro benzene ring substituents is 1. The molecule has 1 atom stereocenters. The van der Waals surface area contributed by atoms with Gasteiger partial charge in [0.15, 0.2) is 4.80 Å². The molecule has 12 heteroatoms. The normalized spacial score (nSPS) is 15.5. The molecule has 0 fully saturated rings. The predicted octanol–water partition coefficient (Wildman–Crippen LogP) is 4.13. The van der Waals surface area contributed by atoms with Gasteiger partial charge in [-0.05, 0) is 85.0 Å². The molecule has 0 saturated heterocycles. The van der Waals surface area contributed by atoms with Crippen LogP contribution in [0.3, 0.4) is 0 Å². The molecule has 1 aromatic heterocycles. The van der Waals surface area contributed by atoms with E-state index in [1.807, 2.05) is 30.5 Å². The molecule has 0 saturated carbocycles. The lowest BCUT2D eigenvalue weighted by atomic mass is 9.96. The Morgan fingerprint density at radius 1 is 1.32 bits per heavy atom. The number of nitro groups is 1. The lowest BCUT2D eigenvalue weighted by Crippen LogP contribution is -2.40. The summed E-state index contributed by atoms with van der Waals surface area (Å²) in [5, 5.41) is 21.4. The van der Waals surface area contributed by atoms with Crippen LogP contribution in [-0.2, 0) is 9.53 Å². The van der Waals surface area contributed by atoms with Crippen LogP contribution in [0, 0.1) is 13.7 Å². The molecule has 192 valence electrons. The summed E-state index contributed by atoms with van der Waals surface area (Å²) < 4.78 is 7.54. The summed E-state index contributed by atoms with van der Waals surface area (Å²) in [5.74, 6) is -0.977. The molecule has 2 heterocycles. The molecule has 0 spiro atoms. The molecule has 1 aliphatic heterocycles. The number of hydrogen-bond donors (Lipinski definition) is 1. The number of ether oxygens (including phenoxy) is 1. The van der Waals surface area contributed by atoms with E-state index in [-0.39, 0.29) is 19.8 Å². The highest BCUT2D eigenvalue weighted by Crippen LogP contribution is 2.33. The lowest BCUT2D eigenvalue weighted by Gasteiger charge is -2.25. The molecule has 0 amide bonds. The van der Waals surface area contributed by atoms with Crippen molar-refractivity contribution in [2.24, 2.45) is 4.99 Å². The van der Waals surface area contributed by atoms with Crippen LogP contribution in [0.5, 0.6) is 5.75 Å². The third-order valence-corrected chi connectivity index (χ3v) is 8.12. The number of phenolic OH excluding ortho intramolecular Hbond substituents is 1. The average Bonchev–Trinajstić information content (AvgIpc) is 3.14. The first-order valence-corrected chi connectivity index (χ1v) is 14.2. The van der Waals surface area contributed by atoms with Gasteiger partial charge in [-0.1, -0.05) is 23.5 Å². The molecule has 0 aliphatic carbocycles. The summed E-state index contributed by atoms with van der Waals surface area (Å²) in [7, 11) is 0. The van der Waals surface area contributed by atoms with Crippen molar-refractivity contribution in [2.75, 3.05) is 6.26 Å². The minimum Gasteiger partial charge on any atom is -0.501 e. The summed E-state index contributed by atoms with van der Waals surface area (Å²) in [5.41, 5.74) is 0.995. The number of thioether (sulfide) groups is 1. The number of halogens is 1. The van der Waals surface area contributed by atoms with Crippen LogP contribution in [-0.4, -0.2) is 32.9 Å². The summed E-state index contributed by atoms with van der Waals surface area (Å²) in [6, 6.07) is 9.61. The van der Waals surface area contributed by atoms with Crippen LogP contribution in [0.1, 0.15) is 37.9 Å². The molecule has 9 nitrogen and oxygen atoms in total. The minimum absolute atomic E-state index is 0.277. The molecule has 1 aliphatic rings. The zero-order valence-corrected chi connectivity index (χ0v) is 24.0. The van der Waals surface area contributed by atoms with E-state index in [1.54, 1.807) is 61.2 Å². The maximum Gasteiger partial charge on any atom is 0.338 e. The van der Waals surface area contributed by atoms with Crippen molar-refractivity contribution in [1.82, 2.24) is 4.57 Å². The van der Waals surface area contributed by atoms with Crippen molar-refractivity contribution in [3.63, 3.8) is 0 Å². The van der Waals surface area contributed by atoms with E-state index in [1.165, 1.54) is 16.7 Å². The molecule has 4 rings (SSSR count). The van der Waals surface area contributed by atoms with Gasteiger partial charge in [0.1, 0.15) is 0 Å². The van der Waals surface area contributed by atoms with Crippen molar-refractivity contribution >= 4 is 63.4 Å². The average molecular weight is 652 g/mol. The molecule has 2 aromatic carbocycles. The zero-order chi connectivity index (χ0) is 27.0.